The van der Waals surface area contributed by atoms with Crippen LogP contribution in [0.2, 0.25) is 0 Å². The summed E-state index contributed by atoms with van der Waals surface area (Å²) < 4.78 is 2.06. The number of hydrogen-bond donors (Lipinski definition) is 1. The topological polar surface area (TPSA) is 154 Å². The Bertz CT molecular complexity index is 804. The van der Waals surface area contributed by atoms with Crippen molar-refractivity contribution in [2.45, 2.75) is 0 Å². The van der Waals surface area contributed by atoms with Crippen LogP contribution in [-0.2, 0) is 0 Å². The fourth-order valence-electron chi connectivity index (χ4n) is 1.53. The van der Waals surface area contributed by atoms with Crippen molar-refractivity contribution in [2.24, 2.45) is 0 Å². The molecule has 0 saturated heterocycles. The third-order valence-electron chi connectivity index (χ3n) is 2.38. The summed E-state index contributed by atoms with van der Waals surface area (Å²) in [5.74, 6) is -1.36. The van der Waals surface area contributed by atoms with E-state index in [0.29, 0.717) is 5.65 Å². The zero-order valence-corrected chi connectivity index (χ0v) is 9.48. The van der Waals surface area contributed by atoms with Crippen molar-refractivity contribution in [1.29, 1.82) is 0 Å². The van der Waals surface area contributed by atoms with Crippen LogP contribution in [0.25, 0.3) is 11.5 Å². The normalized spacial score (nSPS) is 10.8. The van der Waals surface area contributed by atoms with Gasteiger partial charge in [0.1, 0.15) is 6.20 Å². The Morgan fingerprint density at radius 3 is 2.80 bits per heavy atom. The highest BCUT2D eigenvalue weighted by atomic mass is 16.6. The molecule has 0 aliphatic heterocycles. The molecule has 0 unspecified atom stereocenters. The van der Waals surface area contributed by atoms with Crippen LogP contribution >= 0.6 is 0 Å². The van der Waals surface area contributed by atoms with Crippen LogP contribution in [0.3, 0.4) is 0 Å². The lowest BCUT2D eigenvalue weighted by Crippen LogP contribution is -2.06. The molecule has 3 aromatic heterocycles. The van der Waals surface area contributed by atoms with E-state index in [9.17, 15) is 14.9 Å². The molecule has 3 rings (SSSR count). The molecule has 1 N–H and O–H groups in total. The van der Waals surface area contributed by atoms with Crippen molar-refractivity contribution in [1.82, 2.24) is 35.0 Å². The molecule has 0 aliphatic carbocycles. The number of carbonyl (C=O) groups is 1. The molecule has 0 amide bonds. The summed E-state index contributed by atoms with van der Waals surface area (Å²) in [6.07, 6.45) is 0.960. The molecule has 3 heterocycles. The molecule has 3 aromatic rings. The maximum atomic E-state index is 10.9. The van der Waals surface area contributed by atoms with Crippen LogP contribution in [0.1, 0.15) is 10.5 Å². The van der Waals surface area contributed by atoms with Gasteiger partial charge >= 0.3 is 11.7 Å². The number of nitrogens with zero attached hydrogens (tertiary/aromatic N) is 8. The molecule has 12 nitrogen and oxygen atoms in total. The minimum Gasteiger partial charge on any atom is -0.476 e. The van der Waals surface area contributed by atoms with Gasteiger partial charge in [0.05, 0.1) is 4.92 Å². The fourth-order valence-corrected chi connectivity index (χ4v) is 1.53. The van der Waals surface area contributed by atoms with Crippen molar-refractivity contribution in [3.63, 3.8) is 0 Å². The molecule has 0 aliphatic rings. The average molecular weight is 276 g/mol. The lowest BCUT2D eigenvalue weighted by Gasteiger charge is -1.97. The van der Waals surface area contributed by atoms with Gasteiger partial charge in [0.15, 0.2) is 11.5 Å². The first-order chi connectivity index (χ1) is 9.56. The second kappa shape index (κ2) is 4.04. The smallest absolute Gasteiger partial charge is 0.363 e. The second-order valence-corrected chi connectivity index (χ2v) is 3.59. The number of fused-ring (bicyclic) bond motifs is 1. The SMILES string of the molecule is O=C(O)c1nn(-c2ccc3nnnn3n2)cc1[N+](=O)[O-]. The zero-order valence-electron chi connectivity index (χ0n) is 9.48. The van der Waals surface area contributed by atoms with Gasteiger partial charge in [-0.3, -0.25) is 10.1 Å². The monoisotopic (exact) mass is 276 g/mol. The second-order valence-electron chi connectivity index (χ2n) is 3.59. The minimum atomic E-state index is -1.50. The Morgan fingerprint density at radius 1 is 1.35 bits per heavy atom. The van der Waals surface area contributed by atoms with Crippen LogP contribution in [0.5, 0.6) is 0 Å². The molecule has 12 heteroatoms. The third kappa shape index (κ3) is 1.71. The van der Waals surface area contributed by atoms with Gasteiger partial charge in [-0.1, -0.05) is 0 Å². The molecule has 0 saturated carbocycles. The van der Waals surface area contributed by atoms with E-state index in [0.717, 1.165) is 15.5 Å². The summed E-state index contributed by atoms with van der Waals surface area (Å²) >= 11 is 0. The lowest BCUT2D eigenvalue weighted by atomic mass is 10.4. The molecular formula is C8H4N8O4. The molecule has 0 radical (unpaired) electrons. The fraction of sp³-hybridized carbons (Fsp3) is 0. The Balaban J connectivity index is 2.16. The zero-order chi connectivity index (χ0) is 14.3. The van der Waals surface area contributed by atoms with E-state index in [1.54, 1.807) is 0 Å². The Kier molecular flexibility index (Phi) is 2.35. The predicted molar refractivity (Wildman–Crippen MR) is 59.3 cm³/mol. The number of nitro groups is 1. The van der Waals surface area contributed by atoms with Gasteiger partial charge in [-0.15, -0.1) is 14.8 Å². The first-order valence-corrected chi connectivity index (χ1v) is 5.09. The molecule has 0 aromatic carbocycles. The Hall–Kier alpha value is -3.44. The minimum absolute atomic E-state index is 0.139. The average Bonchev–Trinajstić information content (AvgIpc) is 3.04. The number of tetrazole rings is 1. The van der Waals surface area contributed by atoms with E-state index in [4.69, 9.17) is 5.11 Å². The van der Waals surface area contributed by atoms with Gasteiger partial charge in [-0.25, -0.2) is 9.48 Å². The van der Waals surface area contributed by atoms with Crippen LogP contribution in [0, 0.1) is 10.1 Å². The van der Waals surface area contributed by atoms with Gasteiger partial charge in [0.25, 0.3) is 0 Å². The van der Waals surface area contributed by atoms with Crippen molar-refractivity contribution < 1.29 is 14.8 Å². The molecular weight excluding hydrogens is 272 g/mol. The maximum absolute atomic E-state index is 10.9. The Morgan fingerprint density at radius 2 is 2.15 bits per heavy atom. The molecule has 0 fully saturated rings. The number of aromatic nitrogens is 7. The Labute approximate surface area is 108 Å². The number of carboxylic acid groups (broad SMARTS) is 1. The number of aromatic carboxylic acids is 1. The van der Waals surface area contributed by atoms with Crippen molar-refractivity contribution >= 4 is 17.3 Å². The summed E-state index contributed by atoms with van der Waals surface area (Å²) in [6.45, 7) is 0. The van der Waals surface area contributed by atoms with Gasteiger partial charge in [-0.2, -0.15) is 5.10 Å². The van der Waals surface area contributed by atoms with Crippen LogP contribution in [0.15, 0.2) is 18.3 Å². The number of hydrogen-bond acceptors (Lipinski definition) is 8. The largest absolute Gasteiger partial charge is 0.476 e. The highest BCUT2D eigenvalue weighted by molar-refractivity contribution is 5.89. The number of rotatable bonds is 3. The van der Waals surface area contributed by atoms with Crippen molar-refractivity contribution in [2.75, 3.05) is 0 Å². The predicted octanol–water partition coefficient (Wildman–Crippen LogP) is -0.689. The highest BCUT2D eigenvalue weighted by Crippen LogP contribution is 2.18. The molecule has 0 atom stereocenters. The van der Waals surface area contributed by atoms with Crippen molar-refractivity contribution in [3.8, 4) is 5.82 Å². The van der Waals surface area contributed by atoms with E-state index in [-0.39, 0.29) is 5.82 Å². The van der Waals surface area contributed by atoms with Crippen LogP contribution in [0.4, 0.5) is 5.69 Å². The van der Waals surface area contributed by atoms with E-state index >= 15 is 0 Å². The van der Waals surface area contributed by atoms with Gasteiger partial charge in [0, 0.05) is 0 Å². The quantitative estimate of drug-likeness (QED) is 0.483. The molecule has 0 spiro atoms. The summed E-state index contributed by atoms with van der Waals surface area (Å²) in [4.78, 5) is 20.8. The third-order valence-corrected chi connectivity index (χ3v) is 2.38. The van der Waals surface area contributed by atoms with E-state index < -0.39 is 22.3 Å². The van der Waals surface area contributed by atoms with E-state index in [1.165, 1.54) is 12.1 Å². The van der Waals surface area contributed by atoms with Crippen LogP contribution < -0.4 is 0 Å². The lowest BCUT2D eigenvalue weighted by molar-refractivity contribution is -0.385. The first-order valence-electron chi connectivity index (χ1n) is 5.09. The maximum Gasteiger partial charge on any atom is 0.363 e. The summed E-state index contributed by atoms with van der Waals surface area (Å²) in [6, 6.07) is 2.96. The summed E-state index contributed by atoms with van der Waals surface area (Å²) in [5, 5.41) is 37.8. The van der Waals surface area contributed by atoms with Crippen molar-refractivity contribution in [3.05, 3.63) is 34.1 Å². The first kappa shape index (κ1) is 11.6. The highest BCUT2D eigenvalue weighted by Gasteiger charge is 2.26. The molecule has 20 heavy (non-hydrogen) atoms. The standard InChI is InChI=1S/C8H4N8O4/c17-8(18)7-4(16(19)20)3-14(11-7)6-2-1-5-9-12-13-15(5)10-6/h1-3H,(H,17,18). The van der Waals surface area contributed by atoms with Gasteiger partial charge in [-0.05, 0) is 22.6 Å². The van der Waals surface area contributed by atoms with Crippen LogP contribution in [-0.4, -0.2) is 51.0 Å². The van der Waals surface area contributed by atoms with Gasteiger partial charge < -0.3 is 5.11 Å². The summed E-state index contributed by atoms with van der Waals surface area (Å²) in [5.41, 5.74) is -0.932. The molecule has 0 bridgehead atoms. The van der Waals surface area contributed by atoms with E-state index in [2.05, 4.69) is 25.7 Å². The summed E-state index contributed by atoms with van der Waals surface area (Å²) in [7, 11) is 0. The number of carboxylic acids is 1. The van der Waals surface area contributed by atoms with E-state index in [1.807, 2.05) is 0 Å². The molecule has 100 valence electrons. The van der Waals surface area contributed by atoms with Gasteiger partial charge in [0.2, 0.25) is 5.69 Å².